The molecule has 2 aromatic carbocycles. The van der Waals surface area contributed by atoms with Crippen molar-refractivity contribution in [3.05, 3.63) is 65.7 Å². The summed E-state index contributed by atoms with van der Waals surface area (Å²) in [4.78, 5) is 20.9. The Bertz CT molecular complexity index is 1200. The first-order valence-electron chi connectivity index (χ1n) is 11.4. The summed E-state index contributed by atoms with van der Waals surface area (Å²) >= 11 is 0. The number of amides is 1. The molecule has 7 heteroatoms. The van der Waals surface area contributed by atoms with Gasteiger partial charge in [-0.25, -0.2) is 4.39 Å². The van der Waals surface area contributed by atoms with Crippen molar-refractivity contribution >= 4 is 11.6 Å². The summed E-state index contributed by atoms with van der Waals surface area (Å²) in [5, 5.41) is 0. The van der Waals surface area contributed by atoms with Gasteiger partial charge in [-0.1, -0.05) is 12.1 Å². The Kier molecular flexibility index (Phi) is 6.57. The number of aromatic nitrogens is 1. The number of primary amides is 1. The van der Waals surface area contributed by atoms with Crippen LogP contribution in [0.25, 0.3) is 22.3 Å². The van der Waals surface area contributed by atoms with E-state index in [2.05, 4.69) is 59.9 Å². The van der Waals surface area contributed by atoms with Gasteiger partial charge in [-0.15, -0.1) is 0 Å². The lowest BCUT2D eigenvalue weighted by atomic mass is 9.94. The summed E-state index contributed by atoms with van der Waals surface area (Å²) in [6.45, 7) is 8.48. The molecule has 0 saturated carbocycles. The largest absolute Gasteiger partial charge is 0.496 e. The standard InChI is InChI=1S/C27H31FN4O2/c1-16-14-32(15-17(2)31(16)4)21-8-6-19(7-9-21)22-12-30-13-23(18(22)3)20-10-24(28)26(27(29)33)25(11-20)34-5/h6-13,16-17H,14-15H2,1-5H3,(H2,29,33)/t16-,17+. The molecule has 2 heterocycles. The molecule has 4 rings (SSSR count). The minimum atomic E-state index is -0.867. The monoisotopic (exact) mass is 462 g/mol. The lowest BCUT2D eigenvalue weighted by molar-refractivity contribution is 0.0993. The third kappa shape index (κ3) is 4.35. The average Bonchev–Trinajstić information content (AvgIpc) is 2.81. The van der Waals surface area contributed by atoms with Gasteiger partial charge in [0.1, 0.15) is 17.1 Å². The van der Waals surface area contributed by atoms with Gasteiger partial charge in [-0.2, -0.15) is 0 Å². The van der Waals surface area contributed by atoms with Crippen LogP contribution >= 0.6 is 0 Å². The van der Waals surface area contributed by atoms with Crippen LogP contribution in [0.3, 0.4) is 0 Å². The molecule has 6 nitrogen and oxygen atoms in total. The predicted molar refractivity (Wildman–Crippen MR) is 134 cm³/mol. The lowest BCUT2D eigenvalue weighted by Gasteiger charge is -2.43. The fourth-order valence-corrected chi connectivity index (χ4v) is 4.71. The summed E-state index contributed by atoms with van der Waals surface area (Å²) < 4.78 is 19.9. The highest BCUT2D eigenvalue weighted by Gasteiger charge is 2.26. The van der Waals surface area contributed by atoms with Crippen LogP contribution in [0.4, 0.5) is 10.1 Å². The Hall–Kier alpha value is -3.45. The maximum absolute atomic E-state index is 14.7. The number of ether oxygens (including phenoxy) is 1. The van der Waals surface area contributed by atoms with E-state index in [4.69, 9.17) is 10.5 Å². The molecule has 3 aromatic rings. The van der Waals surface area contributed by atoms with E-state index in [9.17, 15) is 9.18 Å². The predicted octanol–water partition coefficient (Wildman–Crippen LogP) is 4.50. The van der Waals surface area contributed by atoms with E-state index in [1.54, 1.807) is 12.3 Å². The summed E-state index contributed by atoms with van der Waals surface area (Å²) in [6, 6.07) is 12.4. The Morgan fingerprint density at radius 1 is 1.06 bits per heavy atom. The smallest absolute Gasteiger partial charge is 0.255 e. The zero-order valence-corrected chi connectivity index (χ0v) is 20.3. The van der Waals surface area contributed by atoms with Crippen molar-refractivity contribution in [1.82, 2.24) is 9.88 Å². The zero-order chi connectivity index (χ0) is 24.6. The summed E-state index contributed by atoms with van der Waals surface area (Å²) in [7, 11) is 3.57. The summed E-state index contributed by atoms with van der Waals surface area (Å²) in [6.07, 6.45) is 3.51. The Labute approximate surface area is 200 Å². The fraction of sp³-hybridized carbons (Fsp3) is 0.333. The number of benzene rings is 2. The van der Waals surface area contributed by atoms with E-state index in [0.29, 0.717) is 17.6 Å². The molecule has 0 aliphatic carbocycles. The van der Waals surface area contributed by atoms with Gasteiger partial charge >= 0.3 is 0 Å². The van der Waals surface area contributed by atoms with Crippen LogP contribution in [0.15, 0.2) is 48.8 Å². The Morgan fingerprint density at radius 2 is 1.65 bits per heavy atom. The Balaban J connectivity index is 1.67. The number of carbonyl (C=O) groups is 1. The summed E-state index contributed by atoms with van der Waals surface area (Å²) in [5.74, 6) is -1.48. The highest BCUT2D eigenvalue weighted by atomic mass is 19.1. The SMILES string of the molecule is COc1cc(-c2cncc(-c3ccc(N4C[C@@H](C)N(C)[C@@H](C)C4)cc3)c2C)cc(F)c1C(N)=O. The second kappa shape index (κ2) is 9.43. The van der Waals surface area contributed by atoms with E-state index < -0.39 is 11.7 Å². The molecule has 0 bridgehead atoms. The number of likely N-dealkylation sites (N-methyl/N-ethyl adjacent to an activating group) is 1. The van der Waals surface area contributed by atoms with E-state index in [-0.39, 0.29) is 11.3 Å². The molecular weight excluding hydrogens is 431 g/mol. The number of hydrogen-bond donors (Lipinski definition) is 1. The minimum absolute atomic E-state index is 0.104. The number of nitrogens with zero attached hydrogens (tertiary/aromatic N) is 3. The van der Waals surface area contributed by atoms with Gasteiger partial charge in [-0.3, -0.25) is 14.7 Å². The number of hydrogen-bond acceptors (Lipinski definition) is 5. The number of halogens is 1. The quantitative estimate of drug-likeness (QED) is 0.605. The molecule has 2 N–H and O–H groups in total. The van der Waals surface area contributed by atoms with E-state index >= 15 is 0 Å². The van der Waals surface area contributed by atoms with Gasteiger partial charge in [0.05, 0.1) is 7.11 Å². The van der Waals surface area contributed by atoms with Gasteiger partial charge in [0.2, 0.25) is 0 Å². The second-order valence-electron chi connectivity index (χ2n) is 9.07. The molecule has 0 unspecified atom stereocenters. The van der Waals surface area contributed by atoms with Gasteiger partial charge in [0, 0.05) is 54.4 Å². The lowest BCUT2D eigenvalue weighted by Crippen LogP contribution is -2.55. The first kappa shape index (κ1) is 23.7. The van der Waals surface area contributed by atoms with Gasteiger partial charge in [0.25, 0.3) is 5.91 Å². The van der Waals surface area contributed by atoms with Gasteiger partial charge < -0.3 is 15.4 Å². The van der Waals surface area contributed by atoms with Crippen LogP contribution in [-0.4, -0.2) is 55.1 Å². The molecule has 1 aliphatic heterocycles. The molecular formula is C27H31FN4O2. The molecule has 178 valence electrons. The van der Waals surface area contributed by atoms with Crippen LogP contribution in [0, 0.1) is 12.7 Å². The molecule has 1 aliphatic rings. The van der Waals surface area contributed by atoms with Crippen LogP contribution in [0.1, 0.15) is 29.8 Å². The number of piperazine rings is 1. The first-order chi connectivity index (χ1) is 16.2. The van der Waals surface area contributed by atoms with Gasteiger partial charge in [0.15, 0.2) is 0 Å². The van der Waals surface area contributed by atoms with Crippen molar-refractivity contribution in [2.45, 2.75) is 32.9 Å². The fourth-order valence-electron chi connectivity index (χ4n) is 4.71. The topological polar surface area (TPSA) is 71.7 Å². The highest BCUT2D eigenvalue weighted by molar-refractivity contribution is 5.97. The van der Waals surface area contributed by atoms with Crippen molar-refractivity contribution in [3.8, 4) is 28.0 Å². The zero-order valence-electron chi connectivity index (χ0n) is 20.3. The van der Waals surface area contributed by atoms with Crippen molar-refractivity contribution < 1.29 is 13.9 Å². The van der Waals surface area contributed by atoms with Crippen LogP contribution in [0.5, 0.6) is 5.75 Å². The van der Waals surface area contributed by atoms with Crippen LogP contribution < -0.4 is 15.4 Å². The van der Waals surface area contributed by atoms with E-state index in [1.807, 2.05) is 13.1 Å². The normalized spacial score (nSPS) is 18.7. The maximum atomic E-state index is 14.7. The third-order valence-corrected chi connectivity index (χ3v) is 6.95. The maximum Gasteiger partial charge on any atom is 0.255 e. The molecule has 34 heavy (non-hydrogen) atoms. The third-order valence-electron chi connectivity index (χ3n) is 6.95. The van der Waals surface area contributed by atoms with Crippen LogP contribution in [0.2, 0.25) is 0 Å². The molecule has 0 spiro atoms. The molecule has 1 aromatic heterocycles. The van der Waals surface area contributed by atoms with Crippen LogP contribution in [-0.2, 0) is 0 Å². The number of pyridine rings is 1. The van der Waals surface area contributed by atoms with E-state index in [1.165, 1.54) is 18.9 Å². The molecule has 0 radical (unpaired) electrons. The number of carbonyl (C=O) groups excluding carboxylic acids is 1. The molecule has 2 atom stereocenters. The average molecular weight is 463 g/mol. The molecule has 1 fully saturated rings. The van der Waals surface area contributed by atoms with Gasteiger partial charge in [-0.05, 0) is 68.8 Å². The van der Waals surface area contributed by atoms with Crippen molar-refractivity contribution in [1.29, 1.82) is 0 Å². The highest BCUT2D eigenvalue weighted by Crippen LogP contribution is 2.35. The number of nitrogens with two attached hydrogens (primary N) is 1. The number of rotatable bonds is 5. The van der Waals surface area contributed by atoms with Crippen molar-refractivity contribution in [2.75, 3.05) is 32.1 Å². The number of methoxy groups -OCH3 is 1. The van der Waals surface area contributed by atoms with Crippen molar-refractivity contribution in [2.24, 2.45) is 5.73 Å². The van der Waals surface area contributed by atoms with Crippen molar-refractivity contribution in [3.63, 3.8) is 0 Å². The molecule has 1 amide bonds. The summed E-state index contributed by atoms with van der Waals surface area (Å²) in [5.41, 5.74) is 10.6. The molecule has 1 saturated heterocycles. The number of anilines is 1. The van der Waals surface area contributed by atoms with E-state index in [0.717, 1.165) is 35.3 Å². The minimum Gasteiger partial charge on any atom is -0.496 e. The Morgan fingerprint density at radius 3 is 2.21 bits per heavy atom. The first-order valence-corrected chi connectivity index (χ1v) is 11.4. The second-order valence-corrected chi connectivity index (χ2v) is 9.07.